The van der Waals surface area contributed by atoms with Crippen molar-refractivity contribution in [2.45, 2.75) is 185 Å². The smallest absolute Gasteiger partial charge is 0.462 e. The summed E-state index contributed by atoms with van der Waals surface area (Å²) in [6, 6.07) is 0. The van der Waals surface area contributed by atoms with Crippen LogP contribution in [-0.2, 0) is 32.7 Å². The van der Waals surface area contributed by atoms with Crippen LogP contribution in [0.1, 0.15) is 142 Å². The molecule has 0 amide bonds. The summed E-state index contributed by atoms with van der Waals surface area (Å²) in [5.41, 5.74) is 0. The zero-order chi connectivity index (χ0) is 45.0. The summed E-state index contributed by atoms with van der Waals surface area (Å²) in [6.45, 7) is 3.08. The minimum Gasteiger partial charge on any atom is -0.462 e. The molecule has 6 unspecified atom stereocenters. The average molecular weight is 881 g/mol. The third-order valence-corrected chi connectivity index (χ3v) is 10.7. The van der Waals surface area contributed by atoms with E-state index in [-0.39, 0.29) is 12.8 Å². The van der Waals surface area contributed by atoms with Crippen molar-refractivity contribution in [1.29, 1.82) is 0 Å². The predicted molar refractivity (Wildman–Crippen MR) is 239 cm³/mol. The Balaban J connectivity index is 2.54. The highest BCUT2D eigenvalue weighted by Crippen LogP contribution is 2.47. The first-order valence-electron chi connectivity index (χ1n) is 22.4. The highest BCUT2D eigenvalue weighted by Gasteiger charge is 2.51. The van der Waals surface area contributed by atoms with Gasteiger partial charge in [0, 0.05) is 12.8 Å². The van der Waals surface area contributed by atoms with Gasteiger partial charge in [-0.1, -0.05) is 137 Å². The summed E-state index contributed by atoms with van der Waals surface area (Å²) in [7, 11) is -5.14. The number of aliphatic hydroxyl groups is 5. The van der Waals surface area contributed by atoms with Gasteiger partial charge in [0.15, 0.2) is 6.10 Å². The monoisotopic (exact) mass is 881 g/mol. The van der Waals surface area contributed by atoms with Gasteiger partial charge in [0.05, 0.1) is 6.61 Å². The normalized spacial score (nSPS) is 22.8. The van der Waals surface area contributed by atoms with E-state index >= 15 is 0 Å². The Labute approximate surface area is 365 Å². The van der Waals surface area contributed by atoms with Gasteiger partial charge in [-0.25, -0.2) is 4.57 Å². The molecule has 0 saturated heterocycles. The van der Waals surface area contributed by atoms with Gasteiger partial charge in [-0.3, -0.25) is 18.6 Å². The van der Waals surface area contributed by atoms with Gasteiger partial charge in [-0.15, -0.1) is 0 Å². The van der Waals surface area contributed by atoms with Crippen LogP contribution in [0.4, 0.5) is 0 Å². The molecule has 0 aromatic heterocycles. The number of carbonyl (C=O) groups is 2. The third kappa shape index (κ3) is 29.1. The number of allylic oxidation sites excluding steroid dienone is 14. The largest absolute Gasteiger partial charge is 0.472 e. The fourth-order valence-electron chi connectivity index (χ4n) is 6.14. The second-order valence-corrected chi connectivity index (χ2v) is 16.6. The summed E-state index contributed by atoms with van der Waals surface area (Å²) in [4.78, 5) is 35.6. The van der Waals surface area contributed by atoms with Crippen molar-refractivity contribution in [2.24, 2.45) is 0 Å². The van der Waals surface area contributed by atoms with Crippen molar-refractivity contribution in [1.82, 2.24) is 0 Å². The van der Waals surface area contributed by atoms with Crippen molar-refractivity contribution in [3.05, 3.63) is 85.1 Å². The minimum absolute atomic E-state index is 0.0101. The molecule has 13 nitrogen and oxygen atoms in total. The molecule has 0 aromatic carbocycles. The second kappa shape index (κ2) is 36.5. The summed E-state index contributed by atoms with van der Waals surface area (Å²) in [6.07, 6.45) is 33.6. The molecule has 348 valence electrons. The molecule has 1 aliphatic carbocycles. The number of aliphatic hydroxyl groups excluding tert-OH is 5. The lowest BCUT2D eigenvalue weighted by molar-refractivity contribution is -0.220. The molecule has 6 N–H and O–H groups in total. The van der Waals surface area contributed by atoms with Gasteiger partial charge in [-0.05, 0) is 77.0 Å². The Bertz CT molecular complexity index is 1390. The Morgan fingerprint density at radius 1 is 0.541 bits per heavy atom. The number of esters is 2. The molecule has 0 aromatic rings. The van der Waals surface area contributed by atoms with Crippen molar-refractivity contribution in [3.8, 4) is 0 Å². The maximum absolute atomic E-state index is 12.8. The first-order chi connectivity index (χ1) is 29.4. The molecular weight excluding hydrogens is 803 g/mol. The molecule has 1 rings (SSSR count). The number of phosphoric acid groups is 1. The Morgan fingerprint density at radius 3 is 1.56 bits per heavy atom. The first kappa shape index (κ1) is 56.0. The van der Waals surface area contributed by atoms with E-state index in [1.54, 1.807) is 0 Å². The topological polar surface area (TPSA) is 210 Å². The minimum atomic E-state index is -5.14. The van der Waals surface area contributed by atoms with Crippen LogP contribution in [0.2, 0.25) is 0 Å². The predicted octanol–water partition coefficient (Wildman–Crippen LogP) is 8.50. The van der Waals surface area contributed by atoms with E-state index in [2.05, 4.69) is 86.8 Å². The number of ether oxygens (including phenoxy) is 2. The van der Waals surface area contributed by atoms with Gasteiger partial charge in [0.25, 0.3) is 0 Å². The quantitative estimate of drug-likeness (QED) is 0.0116. The van der Waals surface area contributed by atoms with Gasteiger partial charge in [0.2, 0.25) is 0 Å². The van der Waals surface area contributed by atoms with Crippen LogP contribution in [0, 0.1) is 0 Å². The van der Waals surface area contributed by atoms with E-state index in [0.717, 1.165) is 70.6 Å². The zero-order valence-electron chi connectivity index (χ0n) is 36.7. The van der Waals surface area contributed by atoms with E-state index < -0.39 is 75.7 Å². The van der Waals surface area contributed by atoms with E-state index in [1.807, 2.05) is 12.2 Å². The number of rotatable bonds is 35. The number of phosphoric ester groups is 1. The van der Waals surface area contributed by atoms with Crippen LogP contribution in [0.25, 0.3) is 0 Å². The second-order valence-electron chi connectivity index (χ2n) is 15.2. The fraction of sp³-hybridized carbons (Fsp3) is 0.660. The molecule has 0 radical (unpaired) electrons. The van der Waals surface area contributed by atoms with Crippen LogP contribution in [0.5, 0.6) is 0 Å². The van der Waals surface area contributed by atoms with E-state index in [0.29, 0.717) is 19.3 Å². The third-order valence-electron chi connectivity index (χ3n) is 9.75. The molecule has 0 aliphatic heterocycles. The number of carbonyl (C=O) groups excluding carboxylic acids is 2. The van der Waals surface area contributed by atoms with Crippen molar-refractivity contribution < 1.29 is 63.1 Å². The lowest BCUT2D eigenvalue weighted by atomic mass is 9.85. The Morgan fingerprint density at radius 2 is 1.00 bits per heavy atom. The fourth-order valence-corrected chi connectivity index (χ4v) is 7.11. The maximum Gasteiger partial charge on any atom is 0.472 e. The van der Waals surface area contributed by atoms with Gasteiger partial charge in [0.1, 0.15) is 43.2 Å². The average Bonchev–Trinajstić information content (AvgIpc) is 3.24. The highest BCUT2D eigenvalue weighted by molar-refractivity contribution is 7.47. The van der Waals surface area contributed by atoms with Gasteiger partial charge < -0.3 is 39.9 Å². The summed E-state index contributed by atoms with van der Waals surface area (Å²) in [5.74, 6) is -1.19. The van der Waals surface area contributed by atoms with Crippen molar-refractivity contribution in [3.63, 3.8) is 0 Å². The molecule has 0 spiro atoms. The summed E-state index contributed by atoms with van der Waals surface area (Å²) in [5, 5.41) is 50.1. The molecule has 61 heavy (non-hydrogen) atoms. The summed E-state index contributed by atoms with van der Waals surface area (Å²) < 4.78 is 33.4. The lowest BCUT2D eigenvalue weighted by Gasteiger charge is -2.41. The number of unbranched alkanes of at least 4 members (excludes halogenated alkanes) is 10. The lowest BCUT2D eigenvalue weighted by Crippen LogP contribution is -2.64. The number of hydrogen-bond donors (Lipinski definition) is 6. The van der Waals surface area contributed by atoms with Crippen LogP contribution in [0.15, 0.2) is 85.1 Å². The van der Waals surface area contributed by atoms with Crippen molar-refractivity contribution in [2.75, 3.05) is 13.2 Å². The first-order valence-corrected chi connectivity index (χ1v) is 23.9. The highest BCUT2D eigenvalue weighted by atomic mass is 31.2. The van der Waals surface area contributed by atoms with Crippen LogP contribution < -0.4 is 0 Å². The molecule has 8 atom stereocenters. The zero-order valence-corrected chi connectivity index (χ0v) is 37.6. The van der Waals surface area contributed by atoms with Crippen molar-refractivity contribution >= 4 is 19.8 Å². The van der Waals surface area contributed by atoms with E-state index in [1.165, 1.54) is 25.7 Å². The number of hydrogen-bond acceptors (Lipinski definition) is 12. The summed E-state index contributed by atoms with van der Waals surface area (Å²) >= 11 is 0. The molecule has 1 saturated carbocycles. The van der Waals surface area contributed by atoms with Crippen LogP contribution in [-0.4, -0.2) is 98.3 Å². The Hall–Kier alpha value is -2.97. The molecule has 0 bridgehead atoms. The van der Waals surface area contributed by atoms with Gasteiger partial charge in [-0.2, -0.15) is 0 Å². The van der Waals surface area contributed by atoms with Crippen LogP contribution in [0.3, 0.4) is 0 Å². The molecule has 14 heteroatoms. The Kier molecular flexibility index (Phi) is 33.5. The van der Waals surface area contributed by atoms with E-state index in [4.69, 9.17) is 18.5 Å². The van der Waals surface area contributed by atoms with E-state index in [9.17, 15) is 44.6 Å². The molecule has 1 fully saturated rings. The van der Waals surface area contributed by atoms with Crippen LogP contribution >= 0.6 is 7.82 Å². The molecular formula is C47H77O13P. The van der Waals surface area contributed by atoms with Gasteiger partial charge >= 0.3 is 19.8 Å². The maximum atomic E-state index is 12.8. The SMILES string of the molecule is CC/C=C/C/C=C/C/C=C/C/C=C/C/C=C/CCCC(=O)O[C@H](COC(=O)CCCCCCC/C=C/C=C/CCCCCC)COP(=O)(O)OC1C(O)C(O)C(O)[C@H](O)C1O. The molecule has 1 aliphatic rings. The standard InChI is InChI=1S/C47H77O13P/c1-3-5-7-9-11-13-15-17-19-20-22-24-26-28-30-32-34-36-41(49)59-39(38-58-61(55,56)60-47-45(53)43(51)42(50)44(52)46(47)54)37-57-40(48)35-33-31-29-27-25-23-21-18-16-14-12-10-8-6-4-2/h5,7,11,13-14,16-19,21-22,24,28,30,39,42-47,50-54H,3-4,6,8-10,12,15,20,23,25-27,29,31-38H2,1-2H3,(H,55,56)/b7-5+,13-11+,16-14+,19-17+,21-18+,24-22+,30-28+/t39-,42?,43+,44?,45?,46?,47?/m1/s1. The molecule has 0 heterocycles.